The van der Waals surface area contributed by atoms with E-state index in [0.717, 1.165) is 47.0 Å². The van der Waals surface area contributed by atoms with E-state index >= 15 is 0 Å². The van der Waals surface area contributed by atoms with Crippen molar-refractivity contribution in [3.05, 3.63) is 41.7 Å². The van der Waals surface area contributed by atoms with E-state index < -0.39 is 109 Å². The summed E-state index contributed by atoms with van der Waals surface area (Å²) in [6, 6.07) is 4.12. The molecule has 0 unspecified atom stereocenters. The zero-order valence-corrected chi connectivity index (χ0v) is 29.9. The van der Waals surface area contributed by atoms with Crippen molar-refractivity contribution >= 4 is 53.8 Å². The molecule has 0 aromatic heterocycles. The predicted molar refractivity (Wildman–Crippen MR) is 173 cm³/mol. The Hall–Kier alpha value is -5.82. The summed E-state index contributed by atoms with van der Waals surface area (Å²) < 4.78 is 55.0. The number of carbonyl (C=O) groups excluding carboxylic acids is 7. The number of hydrogen-bond donors (Lipinski definition) is 1. The average Bonchev–Trinajstić information content (AvgIpc) is 3.05. The number of carboxylic acids is 1. The molecule has 3 aliphatic rings. The van der Waals surface area contributed by atoms with E-state index in [0.29, 0.717) is 5.56 Å². The first-order valence-corrected chi connectivity index (χ1v) is 16.4. The average molecular weight is 763 g/mol. The number of fused-ring (bicyclic) bond motifs is 1. The largest absolute Gasteiger partial charge is 0.478 e. The van der Waals surface area contributed by atoms with Gasteiger partial charge in [0, 0.05) is 46.6 Å². The standard InChI is InChI=1S/C35H38O19/c1-15-29-22(12-28(42)47-15)23(33(43)44)13-46-34(29)54-35-32(52-20(6)40)31(51-19(5)39)30(50-18(4)38)26(53-35)14-45-27(41)10-8-21-7-9-24(48-16(2)36)25(11-21)49-17(3)37/h7-11,13,15,22,26,29-32,34-35H,12,14H2,1-6H3,(H,43,44)/b10-8+/t15-,22-,26-,29-,30-,31+,32-,34+,35+/m1/s1. The lowest BCUT2D eigenvalue weighted by Crippen LogP contribution is -2.64. The van der Waals surface area contributed by atoms with Gasteiger partial charge in [0.15, 0.2) is 29.8 Å². The SMILES string of the molecule is CC(=O)Oc1ccc(/C=C/C(=O)OC[C@H]2O[C@@H](O[C@@H]3OC=C(C(=O)O)[C@H]4CC(=O)O[C@H](C)[C@@H]34)[C@H](OC(C)=O)[C@@H](OC(C)=O)[C@@H]2OC(C)=O)cc1OC(C)=O. The number of hydrogen-bond acceptors (Lipinski definition) is 18. The van der Waals surface area contributed by atoms with Crippen molar-refractivity contribution in [3.8, 4) is 11.5 Å². The van der Waals surface area contributed by atoms with Gasteiger partial charge in [-0.2, -0.15) is 0 Å². The van der Waals surface area contributed by atoms with E-state index in [1.54, 1.807) is 0 Å². The third-order valence-corrected chi connectivity index (χ3v) is 8.04. The third-order valence-electron chi connectivity index (χ3n) is 8.04. The molecule has 292 valence electrons. The second-order valence-electron chi connectivity index (χ2n) is 12.2. The first-order valence-electron chi connectivity index (χ1n) is 16.4. The summed E-state index contributed by atoms with van der Waals surface area (Å²) in [5.74, 6) is -8.92. The molecule has 3 aliphatic heterocycles. The lowest BCUT2D eigenvalue weighted by molar-refractivity contribution is -0.348. The summed E-state index contributed by atoms with van der Waals surface area (Å²) in [5, 5.41) is 9.75. The van der Waals surface area contributed by atoms with Crippen LogP contribution in [0.1, 0.15) is 53.5 Å². The molecule has 0 radical (unpaired) electrons. The normalized spacial score (nSPS) is 27.5. The molecule has 2 saturated heterocycles. The van der Waals surface area contributed by atoms with Crippen LogP contribution in [0.2, 0.25) is 0 Å². The van der Waals surface area contributed by atoms with Gasteiger partial charge >= 0.3 is 47.8 Å². The zero-order chi connectivity index (χ0) is 39.9. The minimum Gasteiger partial charge on any atom is -0.478 e. The maximum Gasteiger partial charge on any atom is 0.335 e. The summed E-state index contributed by atoms with van der Waals surface area (Å²) >= 11 is 0. The molecular weight excluding hydrogens is 724 g/mol. The Balaban J connectivity index is 1.62. The van der Waals surface area contributed by atoms with Gasteiger partial charge < -0.3 is 52.5 Å². The fourth-order valence-electron chi connectivity index (χ4n) is 6.07. The second-order valence-corrected chi connectivity index (χ2v) is 12.2. The summed E-state index contributed by atoms with van der Waals surface area (Å²) in [5.41, 5.74) is 0.116. The van der Waals surface area contributed by atoms with Crippen LogP contribution >= 0.6 is 0 Å². The van der Waals surface area contributed by atoms with Crippen molar-refractivity contribution in [1.82, 2.24) is 0 Å². The minimum absolute atomic E-state index is 0.0407. The van der Waals surface area contributed by atoms with Crippen LogP contribution in [0.3, 0.4) is 0 Å². The molecule has 0 saturated carbocycles. The molecular formula is C35H38O19. The molecule has 1 aromatic rings. The van der Waals surface area contributed by atoms with Gasteiger partial charge in [-0.3, -0.25) is 28.8 Å². The van der Waals surface area contributed by atoms with E-state index in [9.17, 15) is 43.5 Å². The molecule has 2 fully saturated rings. The summed E-state index contributed by atoms with van der Waals surface area (Å²) in [6.45, 7) is 6.27. The number of esters is 7. The van der Waals surface area contributed by atoms with Crippen molar-refractivity contribution in [1.29, 1.82) is 0 Å². The first-order chi connectivity index (χ1) is 25.4. The molecule has 0 bridgehead atoms. The summed E-state index contributed by atoms with van der Waals surface area (Å²) in [4.78, 5) is 97.0. The van der Waals surface area contributed by atoms with Crippen LogP contribution in [0.5, 0.6) is 11.5 Å². The first kappa shape index (κ1) is 40.9. The van der Waals surface area contributed by atoms with Crippen LogP contribution in [-0.4, -0.2) is 103 Å². The highest BCUT2D eigenvalue weighted by molar-refractivity contribution is 5.89. The predicted octanol–water partition coefficient (Wildman–Crippen LogP) is 1.52. The fourth-order valence-corrected chi connectivity index (χ4v) is 6.07. The van der Waals surface area contributed by atoms with E-state index in [4.69, 9.17) is 47.4 Å². The van der Waals surface area contributed by atoms with Gasteiger partial charge in [0.05, 0.1) is 24.2 Å². The Morgan fingerprint density at radius 1 is 0.815 bits per heavy atom. The van der Waals surface area contributed by atoms with Gasteiger partial charge in [-0.05, 0) is 30.7 Å². The topological polar surface area (TPSA) is 249 Å². The molecule has 0 amide bonds. The van der Waals surface area contributed by atoms with Crippen LogP contribution in [0.25, 0.3) is 6.08 Å². The van der Waals surface area contributed by atoms with Crippen LogP contribution in [0, 0.1) is 11.8 Å². The second kappa shape index (κ2) is 17.8. The van der Waals surface area contributed by atoms with E-state index in [1.165, 1.54) is 31.2 Å². The Bertz CT molecular complexity index is 1730. The maximum absolute atomic E-state index is 12.9. The van der Waals surface area contributed by atoms with Gasteiger partial charge in [0.1, 0.15) is 18.8 Å². The summed E-state index contributed by atoms with van der Waals surface area (Å²) in [6.07, 6.45) is -7.34. The zero-order valence-electron chi connectivity index (χ0n) is 29.9. The van der Waals surface area contributed by atoms with Gasteiger partial charge in [0.25, 0.3) is 0 Å². The molecule has 1 N–H and O–H groups in total. The number of benzene rings is 1. The van der Waals surface area contributed by atoms with Crippen molar-refractivity contribution in [2.75, 3.05) is 6.61 Å². The molecule has 0 aliphatic carbocycles. The lowest BCUT2D eigenvalue weighted by atomic mass is 9.77. The number of carbonyl (C=O) groups is 8. The highest BCUT2D eigenvalue weighted by Crippen LogP contribution is 2.42. The number of aliphatic carboxylic acids is 1. The third kappa shape index (κ3) is 10.6. The Morgan fingerprint density at radius 2 is 1.43 bits per heavy atom. The van der Waals surface area contributed by atoms with Crippen molar-refractivity contribution in [3.63, 3.8) is 0 Å². The van der Waals surface area contributed by atoms with Crippen molar-refractivity contribution in [2.24, 2.45) is 11.8 Å². The molecule has 19 heteroatoms. The highest BCUT2D eigenvalue weighted by atomic mass is 16.8. The molecule has 3 heterocycles. The van der Waals surface area contributed by atoms with Crippen LogP contribution in [0.15, 0.2) is 36.1 Å². The van der Waals surface area contributed by atoms with Gasteiger partial charge in [-0.15, -0.1) is 0 Å². The number of carboxylic acid groups (broad SMARTS) is 1. The number of ether oxygens (including phenoxy) is 10. The fraction of sp³-hybridized carbons (Fsp3) is 0.486. The highest BCUT2D eigenvalue weighted by Gasteiger charge is 2.56. The van der Waals surface area contributed by atoms with E-state index in [1.807, 2.05) is 0 Å². The van der Waals surface area contributed by atoms with Crippen LogP contribution in [-0.2, 0) is 76.3 Å². The maximum atomic E-state index is 12.9. The quantitative estimate of drug-likeness (QED) is 0.137. The van der Waals surface area contributed by atoms with Crippen LogP contribution in [0.4, 0.5) is 0 Å². The molecule has 1 aromatic carbocycles. The monoisotopic (exact) mass is 762 g/mol. The molecule has 9 atom stereocenters. The number of rotatable bonds is 12. The lowest BCUT2D eigenvalue weighted by Gasteiger charge is -2.47. The molecule has 54 heavy (non-hydrogen) atoms. The Labute approximate surface area is 307 Å². The van der Waals surface area contributed by atoms with Gasteiger partial charge in [-0.25, -0.2) is 9.59 Å². The van der Waals surface area contributed by atoms with E-state index in [-0.39, 0.29) is 23.5 Å². The molecule has 0 spiro atoms. The Kier molecular flexibility index (Phi) is 13.5. The molecule has 4 rings (SSSR count). The van der Waals surface area contributed by atoms with Crippen molar-refractivity contribution < 1.29 is 90.8 Å². The van der Waals surface area contributed by atoms with Crippen LogP contribution < -0.4 is 9.47 Å². The van der Waals surface area contributed by atoms with E-state index in [2.05, 4.69) is 0 Å². The van der Waals surface area contributed by atoms with Gasteiger partial charge in [0.2, 0.25) is 12.6 Å². The smallest absolute Gasteiger partial charge is 0.335 e. The van der Waals surface area contributed by atoms with Crippen molar-refractivity contribution in [2.45, 2.75) is 91.1 Å². The minimum atomic E-state index is -1.70. The summed E-state index contributed by atoms with van der Waals surface area (Å²) in [7, 11) is 0. The number of cyclic esters (lactones) is 1. The Morgan fingerprint density at radius 3 is 2.04 bits per heavy atom. The van der Waals surface area contributed by atoms with Gasteiger partial charge in [-0.1, -0.05) is 6.07 Å². The molecule has 19 nitrogen and oxygen atoms in total.